The van der Waals surface area contributed by atoms with E-state index in [1.807, 2.05) is 0 Å². The van der Waals surface area contributed by atoms with Gasteiger partial charge in [0.25, 0.3) is 0 Å². The first-order valence-electron chi connectivity index (χ1n) is 5.66. The van der Waals surface area contributed by atoms with Gasteiger partial charge in [-0.25, -0.2) is 9.97 Å². The SMILES string of the molecule is CCN(c1ncnc(Cl)c1Br)C1CCCC1. The van der Waals surface area contributed by atoms with Crippen LogP contribution in [-0.2, 0) is 0 Å². The summed E-state index contributed by atoms with van der Waals surface area (Å²) in [5.41, 5.74) is 0. The highest BCUT2D eigenvalue weighted by Gasteiger charge is 2.24. The summed E-state index contributed by atoms with van der Waals surface area (Å²) in [6, 6.07) is 0.604. The maximum Gasteiger partial charge on any atom is 0.148 e. The molecule has 1 fully saturated rings. The van der Waals surface area contributed by atoms with Crippen LogP contribution in [0.15, 0.2) is 10.8 Å². The molecular weight excluding hydrogens is 289 g/mol. The van der Waals surface area contributed by atoms with E-state index < -0.39 is 0 Å². The normalized spacial score (nSPS) is 16.7. The number of anilines is 1. The lowest BCUT2D eigenvalue weighted by Crippen LogP contribution is -2.34. The molecule has 0 aliphatic heterocycles. The third-order valence-electron chi connectivity index (χ3n) is 3.11. The lowest BCUT2D eigenvalue weighted by Gasteiger charge is -2.29. The van der Waals surface area contributed by atoms with Crippen molar-refractivity contribution in [2.24, 2.45) is 0 Å². The predicted molar refractivity (Wildman–Crippen MR) is 70.0 cm³/mol. The van der Waals surface area contributed by atoms with Crippen molar-refractivity contribution >= 4 is 33.3 Å². The van der Waals surface area contributed by atoms with Gasteiger partial charge in [0.1, 0.15) is 17.3 Å². The number of halogens is 2. The first kappa shape index (κ1) is 12.1. The highest BCUT2D eigenvalue weighted by atomic mass is 79.9. The molecule has 0 aromatic carbocycles. The van der Waals surface area contributed by atoms with Gasteiger partial charge < -0.3 is 4.90 Å². The molecule has 3 nitrogen and oxygen atoms in total. The minimum atomic E-state index is 0.487. The standard InChI is InChI=1S/C11H15BrClN3/c1-2-16(8-5-3-4-6-8)11-9(12)10(13)14-7-15-11/h7-8H,2-6H2,1H3. The Balaban J connectivity index is 2.28. The molecule has 5 heteroatoms. The number of hydrogen-bond donors (Lipinski definition) is 0. The fourth-order valence-corrected chi connectivity index (χ4v) is 2.90. The molecule has 88 valence electrons. The molecule has 2 rings (SSSR count). The Kier molecular flexibility index (Phi) is 4.03. The van der Waals surface area contributed by atoms with E-state index in [4.69, 9.17) is 11.6 Å². The molecule has 0 radical (unpaired) electrons. The molecule has 1 aliphatic rings. The Morgan fingerprint density at radius 3 is 2.75 bits per heavy atom. The van der Waals surface area contributed by atoms with Gasteiger partial charge in [0, 0.05) is 12.6 Å². The lowest BCUT2D eigenvalue weighted by atomic mass is 10.2. The topological polar surface area (TPSA) is 29.0 Å². The van der Waals surface area contributed by atoms with Crippen molar-refractivity contribution in [2.75, 3.05) is 11.4 Å². The van der Waals surface area contributed by atoms with Crippen molar-refractivity contribution in [1.82, 2.24) is 9.97 Å². The summed E-state index contributed by atoms with van der Waals surface area (Å²) in [6.45, 7) is 3.11. The van der Waals surface area contributed by atoms with Crippen molar-refractivity contribution in [1.29, 1.82) is 0 Å². The molecule has 16 heavy (non-hydrogen) atoms. The Labute approximate surface area is 109 Å². The van der Waals surface area contributed by atoms with Crippen molar-refractivity contribution in [3.8, 4) is 0 Å². The molecule has 0 spiro atoms. The van der Waals surface area contributed by atoms with Crippen LogP contribution in [0.3, 0.4) is 0 Å². The Morgan fingerprint density at radius 1 is 1.44 bits per heavy atom. The zero-order chi connectivity index (χ0) is 11.5. The van der Waals surface area contributed by atoms with Gasteiger partial charge in [0.15, 0.2) is 0 Å². The fourth-order valence-electron chi connectivity index (χ4n) is 2.34. The van der Waals surface area contributed by atoms with Crippen LogP contribution in [0.25, 0.3) is 0 Å². The van der Waals surface area contributed by atoms with Gasteiger partial charge in [0.05, 0.1) is 4.47 Å². The van der Waals surface area contributed by atoms with E-state index in [0.29, 0.717) is 11.2 Å². The van der Waals surface area contributed by atoms with Gasteiger partial charge in [-0.2, -0.15) is 0 Å². The summed E-state index contributed by atoms with van der Waals surface area (Å²) >= 11 is 9.47. The fraction of sp³-hybridized carbons (Fsp3) is 0.636. The molecule has 0 atom stereocenters. The summed E-state index contributed by atoms with van der Waals surface area (Å²) in [4.78, 5) is 10.6. The van der Waals surface area contributed by atoms with Crippen molar-refractivity contribution in [2.45, 2.75) is 38.6 Å². The maximum atomic E-state index is 6.00. The summed E-state index contributed by atoms with van der Waals surface area (Å²) in [5.74, 6) is 0.925. The van der Waals surface area contributed by atoms with Crippen LogP contribution in [0.1, 0.15) is 32.6 Å². The quantitative estimate of drug-likeness (QED) is 0.798. The molecule has 1 heterocycles. The molecule has 0 N–H and O–H groups in total. The van der Waals surface area contributed by atoms with E-state index in [2.05, 4.69) is 37.7 Å². The second-order valence-electron chi connectivity index (χ2n) is 4.03. The highest BCUT2D eigenvalue weighted by Crippen LogP contribution is 2.33. The Hall–Kier alpha value is -0.350. The largest absolute Gasteiger partial charge is 0.353 e. The maximum absolute atomic E-state index is 6.00. The zero-order valence-electron chi connectivity index (χ0n) is 9.29. The van der Waals surface area contributed by atoms with Crippen LogP contribution < -0.4 is 4.90 Å². The summed E-state index contributed by atoms with van der Waals surface area (Å²) in [5, 5.41) is 0.487. The van der Waals surface area contributed by atoms with E-state index in [1.54, 1.807) is 0 Å². The molecule has 1 aliphatic carbocycles. The van der Waals surface area contributed by atoms with Crippen LogP contribution in [0, 0.1) is 0 Å². The molecule has 1 aromatic rings. The zero-order valence-corrected chi connectivity index (χ0v) is 11.6. The minimum Gasteiger partial charge on any atom is -0.353 e. The number of nitrogens with zero attached hydrogens (tertiary/aromatic N) is 3. The Morgan fingerprint density at radius 2 is 2.12 bits per heavy atom. The van der Waals surface area contributed by atoms with Crippen LogP contribution >= 0.6 is 27.5 Å². The van der Waals surface area contributed by atoms with Crippen molar-refractivity contribution < 1.29 is 0 Å². The first-order chi connectivity index (χ1) is 7.74. The Bertz CT molecular complexity index is 366. The molecular formula is C11H15BrClN3. The smallest absolute Gasteiger partial charge is 0.148 e. The van der Waals surface area contributed by atoms with Crippen LogP contribution in [0.5, 0.6) is 0 Å². The second-order valence-corrected chi connectivity index (χ2v) is 5.18. The van der Waals surface area contributed by atoms with E-state index >= 15 is 0 Å². The van der Waals surface area contributed by atoms with E-state index in [1.165, 1.54) is 32.0 Å². The van der Waals surface area contributed by atoms with Gasteiger partial charge >= 0.3 is 0 Å². The monoisotopic (exact) mass is 303 g/mol. The number of aromatic nitrogens is 2. The van der Waals surface area contributed by atoms with E-state index in [-0.39, 0.29) is 0 Å². The summed E-state index contributed by atoms with van der Waals surface area (Å²) in [7, 11) is 0. The predicted octanol–water partition coefficient (Wildman–Crippen LogP) is 3.66. The average Bonchev–Trinajstić information content (AvgIpc) is 2.79. The first-order valence-corrected chi connectivity index (χ1v) is 6.83. The van der Waals surface area contributed by atoms with E-state index in [0.717, 1.165) is 16.8 Å². The average molecular weight is 305 g/mol. The van der Waals surface area contributed by atoms with Gasteiger partial charge in [-0.05, 0) is 35.7 Å². The minimum absolute atomic E-state index is 0.487. The van der Waals surface area contributed by atoms with Crippen molar-refractivity contribution in [3.63, 3.8) is 0 Å². The highest BCUT2D eigenvalue weighted by molar-refractivity contribution is 9.10. The van der Waals surface area contributed by atoms with Crippen LogP contribution in [-0.4, -0.2) is 22.6 Å². The lowest BCUT2D eigenvalue weighted by molar-refractivity contribution is 0.611. The van der Waals surface area contributed by atoms with Gasteiger partial charge in [0.2, 0.25) is 0 Å². The van der Waals surface area contributed by atoms with Gasteiger partial charge in [-0.3, -0.25) is 0 Å². The van der Waals surface area contributed by atoms with Crippen LogP contribution in [0.4, 0.5) is 5.82 Å². The van der Waals surface area contributed by atoms with Gasteiger partial charge in [-0.1, -0.05) is 24.4 Å². The molecule has 1 aromatic heterocycles. The molecule has 0 amide bonds. The second kappa shape index (κ2) is 5.32. The van der Waals surface area contributed by atoms with Crippen molar-refractivity contribution in [3.05, 3.63) is 16.0 Å². The third kappa shape index (κ3) is 2.33. The summed E-state index contributed by atoms with van der Waals surface area (Å²) < 4.78 is 0.811. The number of rotatable bonds is 3. The number of hydrogen-bond acceptors (Lipinski definition) is 3. The van der Waals surface area contributed by atoms with E-state index in [9.17, 15) is 0 Å². The summed E-state index contributed by atoms with van der Waals surface area (Å²) in [6.07, 6.45) is 6.67. The van der Waals surface area contributed by atoms with Gasteiger partial charge in [-0.15, -0.1) is 0 Å². The molecule has 0 saturated heterocycles. The molecule has 0 unspecified atom stereocenters. The molecule has 0 bridgehead atoms. The van der Waals surface area contributed by atoms with Crippen LogP contribution in [0.2, 0.25) is 5.15 Å². The molecule has 1 saturated carbocycles. The third-order valence-corrected chi connectivity index (χ3v) is 4.35.